The second-order valence-electron chi connectivity index (χ2n) is 6.73. The van der Waals surface area contributed by atoms with Crippen molar-refractivity contribution in [2.45, 2.75) is 38.7 Å². The number of benzene rings is 1. The quantitative estimate of drug-likeness (QED) is 0.867. The van der Waals surface area contributed by atoms with Crippen LogP contribution in [0.3, 0.4) is 0 Å². The number of nitrogens with one attached hydrogen (secondary N) is 1. The molecule has 0 saturated carbocycles. The Labute approximate surface area is 147 Å². The summed E-state index contributed by atoms with van der Waals surface area (Å²) < 4.78 is 7.34. The zero-order valence-electron chi connectivity index (χ0n) is 15.0. The average Bonchev–Trinajstić information content (AvgIpc) is 2.84. The van der Waals surface area contributed by atoms with Gasteiger partial charge in [-0.1, -0.05) is 24.3 Å². The number of aromatic nitrogens is 2. The molecule has 1 aliphatic rings. The third-order valence-corrected chi connectivity index (χ3v) is 4.92. The molecule has 0 saturated heterocycles. The maximum atomic E-state index is 12.2. The van der Waals surface area contributed by atoms with Gasteiger partial charge in [-0.25, -0.2) is 0 Å². The molecular formula is C19H25N3O3. The summed E-state index contributed by atoms with van der Waals surface area (Å²) in [4.78, 5) is 12.2. The number of rotatable bonds is 5. The molecule has 1 aromatic heterocycles. The van der Waals surface area contributed by atoms with Crippen LogP contribution >= 0.6 is 0 Å². The second-order valence-corrected chi connectivity index (χ2v) is 6.73. The zero-order valence-corrected chi connectivity index (χ0v) is 15.0. The van der Waals surface area contributed by atoms with Gasteiger partial charge in [0.2, 0.25) is 0 Å². The van der Waals surface area contributed by atoms with E-state index >= 15 is 0 Å². The van der Waals surface area contributed by atoms with Crippen LogP contribution in [0, 0.1) is 13.8 Å². The molecule has 1 unspecified atom stereocenters. The second kappa shape index (κ2) is 6.88. The topological polar surface area (TPSA) is 76.4 Å². The van der Waals surface area contributed by atoms with Crippen molar-refractivity contribution in [3.8, 4) is 5.75 Å². The van der Waals surface area contributed by atoms with E-state index < -0.39 is 5.60 Å². The first-order chi connectivity index (χ1) is 11.9. The summed E-state index contributed by atoms with van der Waals surface area (Å²) in [7, 11) is 1.84. The van der Waals surface area contributed by atoms with Gasteiger partial charge in [-0.3, -0.25) is 9.48 Å². The number of aryl methyl sites for hydroxylation is 3. The van der Waals surface area contributed by atoms with Gasteiger partial charge < -0.3 is 15.2 Å². The number of fused-ring (bicyclic) bond motifs is 1. The Hall–Kier alpha value is -2.34. The maximum Gasteiger partial charge on any atom is 0.258 e. The molecule has 1 aliphatic carbocycles. The van der Waals surface area contributed by atoms with Gasteiger partial charge in [0, 0.05) is 7.05 Å². The van der Waals surface area contributed by atoms with E-state index in [1.54, 1.807) is 4.68 Å². The molecule has 1 heterocycles. The van der Waals surface area contributed by atoms with E-state index in [9.17, 15) is 9.90 Å². The number of ether oxygens (including phenoxy) is 1. The Morgan fingerprint density at radius 2 is 2.16 bits per heavy atom. The molecule has 6 heteroatoms. The molecule has 1 aromatic carbocycles. The monoisotopic (exact) mass is 343 g/mol. The van der Waals surface area contributed by atoms with Gasteiger partial charge in [0.05, 0.1) is 12.2 Å². The number of amides is 1. The molecule has 2 aromatic rings. The number of hydrogen-bond donors (Lipinski definition) is 2. The summed E-state index contributed by atoms with van der Waals surface area (Å²) >= 11 is 0. The van der Waals surface area contributed by atoms with Gasteiger partial charge in [0.15, 0.2) is 12.4 Å². The van der Waals surface area contributed by atoms with E-state index in [0.29, 0.717) is 12.2 Å². The van der Waals surface area contributed by atoms with Crippen LogP contribution in [0.4, 0.5) is 0 Å². The minimum Gasteiger partial charge on any atom is -0.480 e. The van der Waals surface area contributed by atoms with Gasteiger partial charge in [-0.05, 0) is 44.2 Å². The fraction of sp³-hybridized carbons (Fsp3) is 0.474. The van der Waals surface area contributed by atoms with Crippen molar-refractivity contribution in [2.24, 2.45) is 7.05 Å². The van der Waals surface area contributed by atoms with Crippen molar-refractivity contribution in [1.82, 2.24) is 15.1 Å². The normalized spacial score (nSPS) is 19.4. The number of carbonyl (C=O) groups excluding carboxylic acids is 1. The third-order valence-electron chi connectivity index (χ3n) is 4.92. The Kier molecular flexibility index (Phi) is 4.81. The standard InChI is InChI=1S/C19H25N3O3/c1-13-18(14(2)22(3)21-13)25-11-17(23)20-12-19(24)10-6-8-15-7-4-5-9-16(15)19/h4-5,7,9,24H,6,8,10-12H2,1-3H3,(H,20,23). The summed E-state index contributed by atoms with van der Waals surface area (Å²) in [6.07, 6.45) is 2.52. The zero-order chi connectivity index (χ0) is 18.0. The van der Waals surface area contributed by atoms with E-state index in [2.05, 4.69) is 10.4 Å². The van der Waals surface area contributed by atoms with E-state index in [1.807, 2.05) is 45.2 Å². The van der Waals surface area contributed by atoms with Crippen LogP contribution in [0.5, 0.6) is 5.75 Å². The predicted molar refractivity (Wildman–Crippen MR) is 94.5 cm³/mol. The summed E-state index contributed by atoms with van der Waals surface area (Å²) in [5.74, 6) is 0.388. The third kappa shape index (κ3) is 3.54. The highest BCUT2D eigenvalue weighted by Crippen LogP contribution is 2.34. The molecule has 0 aliphatic heterocycles. The Morgan fingerprint density at radius 1 is 1.40 bits per heavy atom. The molecule has 0 fully saturated rings. The first kappa shape index (κ1) is 17.5. The lowest BCUT2D eigenvalue weighted by Gasteiger charge is -2.34. The summed E-state index contributed by atoms with van der Waals surface area (Å²) in [5, 5.41) is 18.1. The Morgan fingerprint density at radius 3 is 2.88 bits per heavy atom. The van der Waals surface area contributed by atoms with Crippen LogP contribution in [0.25, 0.3) is 0 Å². The van der Waals surface area contributed by atoms with Crippen LogP contribution in [-0.4, -0.2) is 33.9 Å². The first-order valence-corrected chi connectivity index (χ1v) is 8.61. The Bertz CT molecular complexity index is 784. The largest absolute Gasteiger partial charge is 0.480 e. The van der Waals surface area contributed by atoms with E-state index in [4.69, 9.17) is 4.74 Å². The van der Waals surface area contributed by atoms with E-state index in [-0.39, 0.29) is 19.1 Å². The molecule has 0 bridgehead atoms. The molecule has 0 radical (unpaired) electrons. The first-order valence-electron chi connectivity index (χ1n) is 8.61. The average molecular weight is 343 g/mol. The smallest absolute Gasteiger partial charge is 0.258 e. The van der Waals surface area contributed by atoms with Gasteiger partial charge in [0.1, 0.15) is 11.3 Å². The summed E-state index contributed by atoms with van der Waals surface area (Å²) in [6, 6.07) is 7.89. The minimum absolute atomic E-state index is 0.0922. The number of carbonyl (C=O) groups is 1. The van der Waals surface area contributed by atoms with Gasteiger partial charge >= 0.3 is 0 Å². The molecule has 3 rings (SSSR count). The van der Waals surface area contributed by atoms with Gasteiger partial charge in [-0.2, -0.15) is 5.10 Å². The SMILES string of the molecule is Cc1nn(C)c(C)c1OCC(=O)NCC1(O)CCCc2ccccc21. The highest BCUT2D eigenvalue weighted by molar-refractivity contribution is 5.77. The minimum atomic E-state index is -1.01. The van der Waals surface area contributed by atoms with E-state index in [0.717, 1.165) is 35.4 Å². The number of aliphatic hydroxyl groups is 1. The summed E-state index contributed by atoms with van der Waals surface area (Å²) in [6.45, 7) is 3.85. The molecule has 2 N–H and O–H groups in total. The van der Waals surface area contributed by atoms with Crippen molar-refractivity contribution < 1.29 is 14.6 Å². The maximum absolute atomic E-state index is 12.2. The van der Waals surface area contributed by atoms with Crippen molar-refractivity contribution in [2.75, 3.05) is 13.2 Å². The van der Waals surface area contributed by atoms with Crippen LogP contribution in [-0.2, 0) is 23.9 Å². The fourth-order valence-corrected chi connectivity index (χ4v) is 3.48. The number of nitrogens with zero attached hydrogens (tertiary/aromatic N) is 2. The van der Waals surface area contributed by atoms with Crippen molar-refractivity contribution in [3.05, 3.63) is 46.8 Å². The fourth-order valence-electron chi connectivity index (χ4n) is 3.48. The van der Waals surface area contributed by atoms with Crippen molar-refractivity contribution >= 4 is 5.91 Å². The van der Waals surface area contributed by atoms with Crippen LogP contribution in [0.2, 0.25) is 0 Å². The molecular weight excluding hydrogens is 318 g/mol. The molecule has 25 heavy (non-hydrogen) atoms. The Balaban J connectivity index is 1.59. The molecule has 0 spiro atoms. The van der Waals surface area contributed by atoms with Crippen LogP contribution in [0.15, 0.2) is 24.3 Å². The van der Waals surface area contributed by atoms with Crippen LogP contribution < -0.4 is 10.1 Å². The van der Waals surface area contributed by atoms with Gasteiger partial charge in [0.25, 0.3) is 5.91 Å². The van der Waals surface area contributed by atoms with Crippen molar-refractivity contribution in [3.63, 3.8) is 0 Å². The van der Waals surface area contributed by atoms with E-state index in [1.165, 1.54) is 0 Å². The highest BCUT2D eigenvalue weighted by Gasteiger charge is 2.34. The van der Waals surface area contributed by atoms with Gasteiger partial charge in [-0.15, -0.1) is 0 Å². The lowest BCUT2D eigenvalue weighted by atomic mass is 9.79. The lowest BCUT2D eigenvalue weighted by molar-refractivity contribution is -0.124. The molecule has 1 atom stereocenters. The lowest BCUT2D eigenvalue weighted by Crippen LogP contribution is -2.44. The van der Waals surface area contributed by atoms with Crippen molar-refractivity contribution in [1.29, 1.82) is 0 Å². The molecule has 6 nitrogen and oxygen atoms in total. The predicted octanol–water partition coefficient (Wildman–Crippen LogP) is 1.76. The van der Waals surface area contributed by atoms with Crippen LogP contribution in [0.1, 0.15) is 35.4 Å². The molecule has 134 valence electrons. The highest BCUT2D eigenvalue weighted by atomic mass is 16.5. The molecule has 1 amide bonds. The number of hydrogen-bond acceptors (Lipinski definition) is 4. The summed E-state index contributed by atoms with van der Waals surface area (Å²) in [5.41, 5.74) is 2.70.